The van der Waals surface area contributed by atoms with Gasteiger partial charge >= 0.3 is 5.97 Å². The van der Waals surface area contributed by atoms with Crippen molar-refractivity contribution in [2.75, 3.05) is 13.2 Å². The maximum absolute atomic E-state index is 12.9. The van der Waals surface area contributed by atoms with Gasteiger partial charge in [-0.25, -0.2) is 12.8 Å². The lowest BCUT2D eigenvalue weighted by Crippen LogP contribution is -2.49. The minimum absolute atomic E-state index is 0.113. The smallest absolute Gasteiger partial charge is 0.324 e. The van der Waals surface area contributed by atoms with Crippen molar-refractivity contribution in [2.24, 2.45) is 0 Å². The van der Waals surface area contributed by atoms with Crippen molar-refractivity contribution in [1.82, 2.24) is 9.62 Å². The molecule has 0 bridgehead atoms. The first kappa shape index (κ1) is 21.9. The number of benzene rings is 2. The van der Waals surface area contributed by atoms with Crippen LogP contribution in [-0.4, -0.2) is 43.8 Å². The van der Waals surface area contributed by atoms with E-state index in [0.29, 0.717) is 24.8 Å². The summed E-state index contributed by atoms with van der Waals surface area (Å²) in [6, 6.07) is 12.6. The zero-order valence-electron chi connectivity index (χ0n) is 16.3. The lowest BCUT2D eigenvalue weighted by atomic mass is 10.1. The molecule has 3 rings (SSSR count). The molecule has 1 aliphatic heterocycles. The lowest BCUT2D eigenvalue weighted by Gasteiger charge is -2.32. The van der Waals surface area contributed by atoms with Gasteiger partial charge in [0.1, 0.15) is 11.9 Å². The van der Waals surface area contributed by atoms with Gasteiger partial charge in [0.25, 0.3) is 5.91 Å². The molecule has 0 radical (unpaired) electrons. The van der Waals surface area contributed by atoms with Crippen LogP contribution in [0.3, 0.4) is 0 Å². The van der Waals surface area contributed by atoms with Crippen LogP contribution < -0.4 is 5.32 Å². The first-order valence-corrected chi connectivity index (χ1v) is 11.1. The van der Waals surface area contributed by atoms with Gasteiger partial charge in [0, 0.05) is 13.1 Å². The number of nitrogens with one attached hydrogen (secondary N) is 1. The summed E-state index contributed by atoms with van der Waals surface area (Å²) in [7, 11) is -3.84. The van der Waals surface area contributed by atoms with Crippen LogP contribution in [0.4, 0.5) is 4.39 Å². The summed E-state index contributed by atoms with van der Waals surface area (Å²) in [6.07, 6.45) is 1.67. The highest BCUT2D eigenvalue weighted by atomic mass is 32.2. The van der Waals surface area contributed by atoms with Crippen molar-refractivity contribution in [2.45, 2.75) is 36.7 Å². The number of rotatable bonds is 7. The van der Waals surface area contributed by atoms with Crippen molar-refractivity contribution in [3.05, 3.63) is 66.0 Å². The van der Waals surface area contributed by atoms with Gasteiger partial charge in [-0.15, -0.1) is 0 Å². The third-order valence-electron chi connectivity index (χ3n) is 4.82. The summed E-state index contributed by atoms with van der Waals surface area (Å²) in [6.45, 7) is -0.141. The van der Waals surface area contributed by atoms with Crippen LogP contribution in [0.15, 0.2) is 59.5 Å². The fourth-order valence-corrected chi connectivity index (χ4v) is 4.91. The van der Waals surface area contributed by atoms with E-state index in [-0.39, 0.29) is 23.8 Å². The summed E-state index contributed by atoms with van der Waals surface area (Å²) in [5, 5.41) is 2.57. The number of hydrogen-bond acceptors (Lipinski definition) is 5. The molecule has 1 N–H and O–H groups in total. The minimum Gasteiger partial charge on any atom is -0.454 e. The number of nitrogens with zero attached hydrogens (tertiary/aromatic N) is 1. The normalized spacial score (nSPS) is 17.3. The number of halogens is 1. The van der Waals surface area contributed by atoms with Crippen molar-refractivity contribution in [3.63, 3.8) is 0 Å². The number of ether oxygens (including phenoxy) is 1. The maximum Gasteiger partial charge on any atom is 0.324 e. The number of esters is 1. The highest BCUT2D eigenvalue weighted by Gasteiger charge is 2.38. The molecule has 9 heteroatoms. The third-order valence-corrected chi connectivity index (χ3v) is 6.75. The van der Waals surface area contributed by atoms with Crippen LogP contribution in [0.1, 0.15) is 24.8 Å². The van der Waals surface area contributed by atoms with E-state index < -0.39 is 34.5 Å². The average molecular weight is 434 g/mol. The van der Waals surface area contributed by atoms with E-state index >= 15 is 0 Å². The molecule has 1 fully saturated rings. The van der Waals surface area contributed by atoms with Crippen molar-refractivity contribution < 1.29 is 27.1 Å². The van der Waals surface area contributed by atoms with E-state index in [2.05, 4.69) is 5.32 Å². The Hall–Kier alpha value is -2.78. The largest absolute Gasteiger partial charge is 0.454 e. The quantitative estimate of drug-likeness (QED) is 0.675. The molecule has 30 heavy (non-hydrogen) atoms. The monoisotopic (exact) mass is 434 g/mol. The van der Waals surface area contributed by atoms with Gasteiger partial charge in [-0.1, -0.05) is 30.3 Å². The molecule has 0 unspecified atom stereocenters. The number of sulfonamides is 1. The van der Waals surface area contributed by atoms with E-state index in [0.717, 1.165) is 4.31 Å². The Morgan fingerprint density at radius 1 is 1.07 bits per heavy atom. The fourth-order valence-electron chi connectivity index (χ4n) is 3.24. The Morgan fingerprint density at radius 2 is 1.77 bits per heavy atom. The Balaban J connectivity index is 1.57. The van der Waals surface area contributed by atoms with E-state index in [1.807, 2.05) is 0 Å². The van der Waals surface area contributed by atoms with Crippen molar-refractivity contribution in [1.29, 1.82) is 0 Å². The summed E-state index contributed by atoms with van der Waals surface area (Å²) < 4.78 is 45.0. The van der Waals surface area contributed by atoms with Gasteiger partial charge in [0.15, 0.2) is 6.61 Å². The minimum atomic E-state index is -3.84. The predicted octanol–water partition coefficient (Wildman–Crippen LogP) is 2.23. The van der Waals surface area contributed by atoms with Crippen LogP contribution >= 0.6 is 0 Å². The molecule has 1 saturated heterocycles. The second-order valence-corrected chi connectivity index (χ2v) is 8.84. The Labute approximate surface area is 174 Å². The fraction of sp³-hybridized carbons (Fsp3) is 0.333. The summed E-state index contributed by atoms with van der Waals surface area (Å²) in [4.78, 5) is 24.6. The molecule has 1 aliphatic rings. The van der Waals surface area contributed by atoms with Crippen molar-refractivity contribution in [3.8, 4) is 0 Å². The van der Waals surface area contributed by atoms with E-state index in [4.69, 9.17) is 4.74 Å². The summed E-state index contributed by atoms with van der Waals surface area (Å²) in [5.74, 6) is -1.64. The third kappa shape index (κ3) is 5.43. The van der Waals surface area contributed by atoms with Gasteiger partial charge in [-0.2, -0.15) is 4.31 Å². The Bertz CT molecular complexity index is 980. The number of amides is 1. The lowest BCUT2D eigenvalue weighted by molar-refractivity contribution is -0.153. The molecule has 2 aromatic rings. The summed E-state index contributed by atoms with van der Waals surface area (Å²) >= 11 is 0. The molecule has 7 nitrogen and oxygen atoms in total. The highest BCUT2D eigenvalue weighted by molar-refractivity contribution is 7.89. The molecule has 1 atom stereocenters. The maximum atomic E-state index is 12.9. The molecule has 0 aromatic heterocycles. The number of carbonyl (C=O) groups is 2. The van der Waals surface area contributed by atoms with Gasteiger partial charge in [-0.3, -0.25) is 9.59 Å². The summed E-state index contributed by atoms with van der Waals surface area (Å²) in [5.41, 5.74) is 0.698. The van der Waals surface area contributed by atoms with E-state index in [1.54, 1.807) is 18.2 Å². The van der Waals surface area contributed by atoms with E-state index in [1.165, 1.54) is 36.4 Å². The number of carbonyl (C=O) groups excluding carboxylic acids is 2. The van der Waals surface area contributed by atoms with E-state index in [9.17, 15) is 22.4 Å². The molecule has 1 amide bonds. The first-order valence-electron chi connectivity index (χ1n) is 9.62. The molecular weight excluding hydrogens is 411 g/mol. The standard InChI is InChI=1S/C21H23FN2O5S/c22-17-11-9-16(10-12-17)14-23-20(25)15-29-21(26)19-8-4-5-13-24(19)30(27,28)18-6-2-1-3-7-18/h1-3,6-7,9-12,19H,4-5,8,13-15H2,(H,23,25)/t19-/m0/s1. The molecule has 0 spiro atoms. The van der Waals surface area contributed by atoms with Crippen LogP contribution in [-0.2, 0) is 30.9 Å². The molecule has 0 saturated carbocycles. The first-order chi connectivity index (χ1) is 14.4. The highest BCUT2D eigenvalue weighted by Crippen LogP contribution is 2.26. The zero-order valence-corrected chi connectivity index (χ0v) is 17.1. The molecule has 160 valence electrons. The Kier molecular flexibility index (Phi) is 7.17. The predicted molar refractivity (Wildman–Crippen MR) is 107 cm³/mol. The molecule has 0 aliphatic carbocycles. The number of hydrogen-bond donors (Lipinski definition) is 1. The van der Waals surface area contributed by atoms with Gasteiger partial charge in [0.05, 0.1) is 4.90 Å². The van der Waals surface area contributed by atoms with Crippen LogP contribution in [0.25, 0.3) is 0 Å². The van der Waals surface area contributed by atoms with Gasteiger partial charge < -0.3 is 10.1 Å². The van der Waals surface area contributed by atoms with Crippen molar-refractivity contribution >= 4 is 21.9 Å². The zero-order chi connectivity index (χ0) is 21.6. The topological polar surface area (TPSA) is 92.8 Å². The van der Waals surface area contributed by atoms with Crippen LogP contribution in [0.2, 0.25) is 0 Å². The average Bonchev–Trinajstić information content (AvgIpc) is 2.77. The second kappa shape index (κ2) is 9.82. The van der Waals surface area contributed by atoms with Crippen LogP contribution in [0.5, 0.6) is 0 Å². The molecule has 2 aromatic carbocycles. The Morgan fingerprint density at radius 3 is 2.47 bits per heavy atom. The molecule has 1 heterocycles. The second-order valence-electron chi connectivity index (χ2n) is 6.95. The SMILES string of the molecule is O=C(COC(=O)[C@@H]1CCCCN1S(=O)(=O)c1ccccc1)NCc1ccc(F)cc1. The molecular formula is C21H23FN2O5S. The van der Waals surface area contributed by atoms with Gasteiger partial charge in [-0.05, 0) is 49.1 Å². The van der Waals surface area contributed by atoms with Gasteiger partial charge in [0.2, 0.25) is 10.0 Å². The number of piperidine rings is 1. The van der Waals surface area contributed by atoms with Crippen LogP contribution in [0, 0.1) is 5.82 Å².